The molecule has 1 aliphatic heterocycles. The van der Waals surface area contributed by atoms with Crippen LogP contribution in [-0.2, 0) is 24.2 Å². The second kappa shape index (κ2) is 8.26. The van der Waals surface area contributed by atoms with E-state index in [4.69, 9.17) is 9.15 Å². The standard InChI is InChI=1S/C24H24N4O3/c1-30-19-10-11-20-17(15-31-21(20)14-19)13-23(29)25-18-8-6-16(7-9-18)24-27-26-22-5-3-2-4-12-28(22)24/h6-11,14-15H,2-5,12-13H2,1H3,(H,25,29). The second-order valence-corrected chi connectivity index (χ2v) is 7.83. The molecule has 31 heavy (non-hydrogen) atoms. The molecule has 0 unspecified atom stereocenters. The van der Waals surface area contributed by atoms with Crippen LogP contribution in [0.1, 0.15) is 30.7 Å². The van der Waals surface area contributed by atoms with Crippen molar-refractivity contribution in [1.82, 2.24) is 14.8 Å². The summed E-state index contributed by atoms with van der Waals surface area (Å²) in [6.45, 7) is 0.959. The molecule has 0 radical (unpaired) electrons. The Morgan fingerprint density at radius 3 is 2.84 bits per heavy atom. The van der Waals surface area contributed by atoms with Gasteiger partial charge in [0.1, 0.15) is 17.2 Å². The number of rotatable bonds is 5. The monoisotopic (exact) mass is 416 g/mol. The minimum absolute atomic E-state index is 0.0948. The summed E-state index contributed by atoms with van der Waals surface area (Å²) in [5.41, 5.74) is 3.31. The maximum Gasteiger partial charge on any atom is 0.228 e. The van der Waals surface area contributed by atoms with Gasteiger partial charge in [0.25, 0.3) is 0 Å². The maximum atomic E-state index is 12.6. The Kier molecular flexibility index (Phi) is 5.16. The van der Waals surface area contributed by atoms with E-state index in [9.17, 15) is 4.79 Å². The zero-order valence-electron chi connectivity index (χ0n) is 17.4. The average Bonchev–Trinajstić information content (AvgIpc) is 3.30. The molecule has 0 fully saturated rings. The lowest BCUT2D eigenvalue weighted by atomic mass is 10.1. The van der Waals surface area contributed by atoms with Crippen LogP contribution in [0.3, 0.4) is 0 Å². The fourth-order valence-corrected chi connectivity index (χ4v) is 4.11. The highest BCUT2D eigenvalue weighted by atomic mass is 16.5. The van der Waals surface area contributed by atoms with Gasteiger partial charge >= 0.3 is 0 Å². The van der Waals surface area contributed by atoms with Crippen LogP contribution in [-0.4, -0.2) is 27.8 Å². The van der Waals surface area contributed by atoms with Gasteiger partial charge in [-0.05, 0) is 49.2 Å². The van der Waals surface area contributed by atoms with E-state index in [1.54, 1.807) is 13.4 Å². The van der Waals surface area contributed by atoms with Crippen LogP contribution in [0, 0.1) is 0 Å². The Bertz CT molecular complexity index is 1220. The molecule has 0 aliphatic carbocycles. The number of methoxy groups -OCH3 is 1. The molecule has 0 atom stereocenters. The van der Waals surface area contributed by atoms with E-state index >= 15 is 0 Å². The summed E-state index contributed by atoms with van der Waals surface area (Å²) in [4.78, 5) is 12.6. The highest BCUT2D eigenvalue weighted by Gasteiger charge is 2.16. The summed E-state index contributed by atoms with van der Waals surface area (Å²) in [5, 5.41) is 12.6. The lowest BCUT2D eigenvalue weighted by molar-refractivity contribution is -0.115. The first-order chi connectivity index (χ1) is 15.2. The summed E-state index contributed by atoms with van der Waals surface area (Å²) < 4.78 is 13.0. The highest BCUT2D eigenvalue weighted by molar-refractivity contribution is 5.95. The molecule has 0 saturated carbocycles. The van der Waals surface area contributed by atoms with E-state index in [0.29, 0.717) is 5.58 Å². The number of ether oxygens (including phenoxy) is 1. The van der Waals surface area contributed by atoms with E-state index in [0.717, 1.165) is 59.0 Å². The molecule has 2 aromatic carbocycles. The summed E-state index contributed by atoms with van der Waals surface area (Å²) in [6.07, 6.45) is 6.40. The molecule has 0 bridgehead atoms. The smallest absolute Gasteiger partial charge is 0.228 e. The first kappa shape index (κ1) is 19.4. The number of hydrogen-bond acceptors (Lipinski definition) is 5. The topological polar surface area (TPSA) is 82.2 Å². The Morgan fingerprint density at radius 1 is 1.13 bits per heavy atom. The van der Waals surface area contributed by atoms with Crippen LogP contribution >= 0.6 is 0 Å². The number of aryl methyl sites for hydroxylation is 1. The number of carbonyl (C=O) groups is 1. The summed E-state index contributed by atoms with van der Waals surface area (Å²) in [6, 6.07) is 13.4. The molecular formula is C24H24N4O3. The van der Waals surface area contributed by atoms with Gasteiger partial charge in [0, 0.05) is 41.2 Å². The Morgan fingerprint density at radius 2 is 2.00 bits per heavy atom. The quantitative estimate of drug-likeness (QED) is 0.514. The fraction of sp³-hybridized carbons (Fsp3) is 0.292. The molecule has 7 nitrogen and oxygen atoms in total. The van der Waals surface area contributed by atoms with Gasteiger partial charge in [-0.15, -0.1) is 10.2 Å². The van der Waals surface area contributed by atoms with Crippen LogP contribution in [0.2, 0.25) is 0 Å². The normalized spacial score (nSPS) is 13.6. The van der Waals surface area contributed by atoms with Crippen LogP contribution < -0.4 is 10.1 Å². The van der Waals surface area contributed by atoms with E-state index < -0.39 is 0 Å². The Hall–Kier alpha value is -3.61. The molecule has 7 heteroatoms. The second-order valence-electron chi connectivity index (χ2n) is 7.83. The van der Waals surface area contributed by atoms with Crippen molar-refractivity contribution in [2.45, 2.75) is 38.6 Å². The van der Waals surface area contributed by atoms with Crippen molar-refractivity contribution < 1.29 is 13.9 Å². The number of benzene rings is 2. The van der Waals surface area contributed by atoms with Crippen molar-refractivity contribution in [1.29, 1.82) is 0 Å². The van der Waals surface area contributed by atoms with Gasteiger partial charge in [-0.25, -0.2) is 0 Å². The van der Waals surface area contributed by atoms with Gasteiger partial charge in [0.2, 0.25) is 5.91 Å². The molecular weight excluding hydrogens is 392 g/mol. The maximum absolute atomic E-state index is 12.6. The first-order valence-electron chi connectivity index (χ1n) is 10.6. The molecule has 0 spiro atoms. The van der Waals surface area contributed by atoms with E-state index in [-0.39, 0.29) is 12.3 Å². The SMILES string of the molecule is COc1ccc2c(CC(=O)Nc3ccc(-c4nnc5n4CCCCC5)cc3)coc2c1. The van der Waals surface area contributed by atoms with E-state index in [2.05, 4.69) is 20.1 Å². The third kappa shape index (κ3) is 3.91. The molecule has 3 heterocycles. The highest BCUT2D eigenvalue weighted by Crippen LogP contribution is 2.27. The number of nitrogens with one attached hydrogen (secondary N) is 1. The van der Waals surface area contributed by atoms with Crippen molar-refractivity contribution in [3.05, 3.63) is 60.1 Å². The number of nitrogens with zero attached hydrogens (tertiary/aromatic N) is 3. The molecule has 5 rings (SSSR count). The number of aromatic nitrogens is 3. The number of amides is 1. The van der Waals surface area contributed by atoms with Crippen molar-refractivity contribution >= 4 is 22.6 Å². The van der Waals surface area contributed by atoms with Gasteiger partial charge in [0.15, 0.2) is 5.82 Å². The zero-order chi connectivity index (χ0) is 21.2. The fourth-order valence-electron chi connectivity index (χ4n) is 4.11. The predicted molar refractivity (Wildman–Crippen MR) is 118 cm³/mol. The van der Waals surface area contributed by atoms with Gasteiger partial charge in [-0.3, -0.25) is 4.79 Å². The van der Waals surface area contributed by atoms with Crippen molar-refractivity contribution in [2.24, 2.45) is 0 Å². The number of fused-ring (bicyclic) bond motifs is 2. The summed E-state index contributed by atoms with van der Waals surface area (Å²) in [7, 11) is 1.61. The third-order valence-corrected chi connectivity index (χ3v) is 5.75. The summed E-state index contributed by atoms with van der Waals surface area (Å²) in [5.74, 6) is 2.59. The van der Waals surface area contributed by atoms with Crippen LogP contribution in [0.25, 0.3) is 22.4 Å². The van der Waals surface area contributed by atoms with Gasteiger partial charge in [-0.1, -0.05) is 6.42 Å². The van der Waals surface area contributed by atoms with Crippen LogP contribution in [0.4, 0.5) is 5.69 Å². The van der Waals surface area contributed by atoms with E-state index in [1.807, 2.05) is 42.5 Å². The van der Waals surface area contributed by atoms with Gasteiger partial charge in [0.05, 0.1) is 19.8 Å². The Balaban J connectivity index is 1.28. The molecule has 2 aromatic heterocycles. The van der Waals surface area contributed by atoms with Gasteiger partial charge < -0.3 is 19.0 Å². The number of carbonyl (C=O) groups excluding carboxylic acids is 1. The van der Waals surface area contributed by atoms with E-state index in [1.165, 1.54) is 12.8 Å². The van der Waals surface area contributed by atoms with Crippen molar-refractivity contribution in [3.63, 3.8) is 0 Å². The number of hydrogen-bond donors (Lipinski definition) is 1. The van der Waals surface area contributed by atoms with Gasteiger partial charge in [-0.2, -0.15) is 0 Å². The largest absolute Gasteiger partial charge is 0.497 e. The molecule has 1 aliphatic rings. The zero-order valence-corrected chi connectivity index (χ0v) is 17.4. The number of anilines is 1. The van der Waals surface area contributed by atoms with Crippen molar-refractivity contribution in [2.75, 3.05) is 12.4 Å². The molecule has 0 saturated heterocycles. The average molecular weight is 416 g/mol. The van der Waals surface area contributed by atoms with Crippen molar-refractivity contribution in [3.8, 4) is 17.1 Å². The number of furan rings is 1. The lowest BCUT2D eigenvalue weighted by Gasteiger charge is -2.08. The lowest BCUT2D eigenvalue weighted by Crippen LogP contribution is -2.14. The third-order valence-electron chi connectivity index (χ3n) is 5.75. The molecule has 158 valence electrons. The molecule has 1 amide bonds. The molecule has 1 N–H and O–H groups in total. The first-order valence-corrected chi connectivity index (χ1v) is 10.6. The van der Waals surface area contributed by atoms with Crippen LogP contribution in [0.5, 0.6) is 5.75 Å². The minimum atomic E-state index is -0.0948. The molecule has 4 aromatic rings. The Labute approximate surface area is 180 Å². The predicted octanol–water partition coefficient (Wildman–Crippen LogP) is 4.61. The summed E-state index contributed by atoms with van der Waals surface area (Å²) >= 11 is 0. The van der Waals surface area contributed by atoms with Crippen LogP contribution in [0.15, 0.2) is 53.1 Å². The minimum Gasteiger partial charge on any atom is -0.497 e.